The lowest BCUT2D eigenvalue weighted by molar-refractivity contribution is 0.160. The first-order valence-corrected chi connectivity index (χ1v) is 4.89. The molecule has 72 valence electrons. The molecule has 1 aliphatic rings. The van der Waals surface area contributed by atoms with Gasteiger partial charge in [0.25, 0.3) is 0 Å². The van der Waals surface area contributed by atoms with Gasteiger partial charge in [-0.3, -0.25) is 0 Å². The number of hydrogen-bond acceptors (Lipinski definition) is 3. The maximum atomic E-state index is 9.71. The summed E-state index contributed by atoms with van der Waals surface area (Å²) in [5.41, 5.74) is 1.09. The summed E-state index contributed by atoms with van der Waals surface area (Å²) < 4.78 is 1.87. The predicted molar refractivity (Wildman–Crippen MR) is 48.3 cm³/mol. The largest absolute Gasteiger partial charge is 0.392 e. The molecule has 2 rings (SSSR count). The molecule has 1 aromatic rings. The predicted octanol–water partition coefficient (Wildman–Crippen LogP) is 0.926. The van der Waals surface area contributed by atoms with Gasteiger partial charge in [0.1, 0.15) is 0 Å². The van der Waals surface area contributed by atoms with Crippen molar-refractivity contribution < 1.29 is 5.11 Å². The first kappa shape index (κ1) is 8.69. The van der Waals surface area contributed by atoms with Gasteiger partial charge in [-0.05, 0) is 19.8 Å². The summed E-state index contributed by atoms with van der Waals surface area (Å²) in [4.78, 5) is 0. The van der Waals surface area contributed by atoms with Gasteiger partial charge in [0.2, 0.25) is 0 Å². The summed E-state index contributed by atoms with van der Waals surface area (Å²) in [7, 11) is 0. The number of aliphatic hydroxyl groups excluding tert-OH is 1. The Kier molecular flexibility index (Phi) is 2.31. The molecule has 0 saturated heterocycles. The van der Waals surface area contributed by atoms with Crippen molar-refractivity contribution in [2.45, 2.75) is 44.8 Å². The number of rotatable bonds is 2. The molecule has 0 unspecified atom stereocenters. The molecule has 1 aliphatic carbocycles. The minimum Gasteiger partial charge on any atom is -0.392 e. The zero-order chi connectivity index (χ0) is 9.26. The van der Waals surface area contributed by atoms with Crippen LogP contribution in [0.2, 0.25) is 0 Å². The van der Waals surface area contributed by atoms with Crippen molar-refractivity contribution in [3.63, 3.8) is 0 Å². The van der Waals surface area contributed by atoms with Crippen LogP contribution in [0.25, 0.3) is 0 Å². The van der Waals surface area contributed by atoms with E-state index in [1.54, 1.807) is 6.20 Å². The van der Waals surface area contributed by atoms with Crippen LogP contribution in [0.4, 0.5) is 0 Å². The summed E-state index contributed by atoms with van der Waals surface area (Å²) in [5.74, 6) is 0.259. The van der Waals surface area contributed by atoms with E-state index >= 15 is 0 Å². The molecule has 0 spiro atoms. The highest BCUT2D eigenvalue weighted by molar-refractivity contribution is 5.08. The Balaban J connectivity index is 2.23. The second-order valence-corrected chi connectivity index (χ2v) is 3.58. The molecule has 0 aromatic carbocycles. The van der Waals surface area contributed by atoms with E-state index in [4.69, 9.17) is 0 Å². The fraction of sp³-hybridized carbons (Fsp3) is 0.778. The minimum absolute atomic E-state index is 0.191. The van der Waals surface area contributed by atoms with E-state index in [0.717, 1.165) is 31.5 Å². The lowest BCUT2D eigenvalue weighted by Crippen LogP contribution is -2.15. The van der Waals surface area contributed by atoms with E-state index in [0.29, 0.717) is 0 Å². The van der Waals surface area contributed by atoms with E-state index < -0.39 is 0 Å². The Morgan fingerprint density at radius 2 is 2.46 bits per heavy atom. The van der Waals surface area contributed by atoms with Crippen molar-refractivity contribution in [1.29, 1.82) is 0 Å². The van der Waals surface area contributed by atoms with Crippen LogP contribution in [0.5, 0.6) is 0 Å². The highest BCUT2D eigenvalue weighted by atomic mass is 16.3. The standard InChI is InChI=1S/C9H15N3O/c1-2-12-8(6-10-11-12)7-4-3-5-9(7)13/h6-7,9,13H,2-5H2,1H3/t7-,9+/m0/s1. The molecular formula is C9H15N3O. The fourth-order valence-electron chi connectivity index (χ4n) is 2.08. The van der Waals surface area contributed by atoms with Crippen molar-refractivity contribution in [1.82, 2.24) is 15.0 Å². The Hall–Kier alpha value is -0.900. The average Bonchev–Trinajstić information content (AvgIpc) is 2.71. The zero-order valence-corrected chi connectivity index (χ0v) is 7.85. The van der Waals surface area contributed by atoms with Crippen molar-refractivity contribution >= 4 is 0 Å². The van der Waals surface area contributed by atoms with Gasteiger partial charge in [0.15, 0.2) is 0 Å². The topological polar surface area (TPSA) is 50.9 Å². The highest BCUT2D eigenvalue weighted by Gasteiger charge is 2.29. The summed E-state index contributed by atoms with van der Waals surface area (Å²) in [6, 6.07) is 0. The van der Waals surface area contributed by atoms with Crippen molar-refractivity contribution in [3.8, 4) is 0 Å². The maximum absolute atomic E-state index is 9.71. The molecule has 13 heavy (non-hydrogen) atoms. The second-order valence-electron chi connectivity index (χ2n) is 3.58. The molecule has 4 heteroatoms. The summed E-state index contributed by atoms with van der Waals surface area (Å²) in [5, 5.41) is 17.6. The molecule has 1 saturated carbocycles. The SMILES string of the molecule is CCn1nncc1[C@@H]1CCC[C@H]1O. The van der Waals surface area contributed by atoms with Crippen molar-refractivity contribution in [2.75, 3.05) is 0 Å². The van der Waals surface area contributed by atoms with Gasteiger partial charge in [-0.25, -0.2) is 4.68 Å². The third kappa shape index (κ3) is 1.46. The van der Waals surface area contributed by atoms with Gasteiger partial charge < -0.3 is 5.11 Å². The van der Waals surface area contributed by atoms with Crippen molar-refractivity contribution in [3.05, 3.63) is 11.9 Å². The van der Waals surface area contributed by atoms with Crippen LogP contribution in [0.3, 0.4) is 0 Å². The molecule has 1 aromatic heterocycles. The number of aliphatic hydroxyl groups is 1. The molecule has 2 atom stereocenters. The third-order valence-electron chi connectivity index (χ3n) is 2.81. The molecule has 0 bridgehead atoms. The molecule has 0 radical (unpaired) electrons. The minimum atomic E-state index is -0.191. The normalized spacial score (nSPS) is 28.2. The molecule has 0 aliphatic heterocycles. The van der Waals surface area contributed by atoms with E-state index in [2.05, 4.69) is 10.3 Å². The first-order chi connectivity index (χ1) is 6.33. The van der Waals surface area contributed by atoms with E-state index in [-0.39, 0.29) is 12.0 Å². The van der Waals surface area contributed by atoms with E-state index in [1.165, 1.54) is 0 Å². The number of aryl methyl sites for hydroxylation is 1. The fourth-order valence-corrected chi connectivity index (χ4v) is 2.08. The summed E-state index contributed by atoms with van der Waals surface area (Å²) >= 11 is 0. The Morgan fingerprint density at radius 3 is 3.08 bits per heavy atom. The lowest BCUT2D eigenvalue weighted by atomic mass is 10.0. The quantitative estimate of drug-likeness (QED) is 0.738. The lowest BCUT2D eigenvalue weighted by Gasteiger charge is -2.14. The van der Waals surface area contributed by atoms with Gasteiger partial charge in [0, 0.05) is 12.5 Å². The number of hydrogen-bond donors (Lipinski definition) is 1. The first-order valence-electron chi connectivity index (χ1n) is 4.89. The van der Waals surface area contributed by atoms with Gasteiger partial charge in [-0.1, -0.05) is 11.6 Å². The van der Waals surface area contributed by atoms with Gasteiger partial charge in [-0.2, -0.15) is 0 Å². The van der Waals surface area contributed by atoms with E-state index in [9.17, 15) is 5.11 Å². The van der Waals surface area contributed by atoms with Crippen LogP contribution in [-0.2, 0) is 6.54 Å². The Labute approximate surface area is 77.6 Å². The molecule has 0 amide bonds. The summed E-state index contributed by atoms with van der Waals surface area (Å²) in [6.45, 7) is 2.87. The van der Waals surface area contributed by atoms with Crippen LogP contribution in [0.15, 0.2) is 6.20 Å². The Bertz CT molecular complexity index is 284. The van der Waals surface area contributed by atoms with Crippen molar-refractivity contribution in [2.24, 2.45) is 0 Å². The van der Waals surface area contributed by atoms with Crippen LogP contribution < -0.4 is 0 Å². The Morgan fingerprint density at radius 1 is 1.62 bits per heavy atom. The van der Waals surface area contributed by atoms with Gasteiger partial charge in [-0.15, -0.1) is 5.10 Å². The number of nitrogens with zero attached hydrogens (tertiary/aromatic N) is 3. The van der Waals surface area contributed by atoms with Crippen LogP contribution in [0, 0.1) is 0 Å². The molecule has 1 heterocycles. The average molecular weight is 181 g/mol. The van der Waals surface area contributed by atoms with Gasteiger partial charge >= 0.3 is 0 Å². The number of aromatic nitrogens is 3. The maximum Gasteiger partial charge on any atom is 0.0729 e. The molecule has 4 nitrogen and oxygen atoms in total. The molecular weight excluding hydrogens is 166 g/mol. The monoisotopic (exact) mass is 181 g/mol. The van der Waals surface area contributed by atoms with Crippen LogP contribution in [0.1, 0.15) is 37.8 Å². The molecule has 1 fully saturated rings. The van der Waals surface area contributed by atoms with Crippen LogP contribution in [-0.4, -0.2) is 26.2 Å². The van der Waals surface area contributed by atoms with Crippen LogP contribution >= 0.6 is 0 Å². The second kappa shape index (κ2) is 3.46. The molecule has 1 N–H and O–H groups in total. The van der Waals surface area contributed by atoms with E-state index in [1.807, 2.05) is 11.6 Å². The zero-order valence-electron chi connectivity index (χ0n) is 7.85. The highest BCUT2D eigenvalue weighted by Crippen LogP contribution is 2.33. The van der Waals surface area contributed by atoms with Gasteiger partial charge in [0.05, 0.1) is 18.0 Å². The smallest absolute Gasteiger partial charge is 0.0729 e. The third-order valence-corrected chi connectivity index (χ3v) is 2.81. The summed E-state index contributed by atoms with van der Waals surface area (Å²) in [6.07, 6.45) is 4.68.